The molecule has 0 amide bonds. The molecule has 0 aliphatic heterocycles. The summed E-state index contributed by atoms with van der Waals surface area (Å²) < 4.78 is 0. The fraction of sp³-hybridized carbons (Fsp3) is 1.00. The van der Waals surface area contributed by atoms with Gasteiger partial charge < -0.3 is 10.4 Å². The summed E-state index contributed by atoms with van der Waals surface area (Å²) >= 11 is 2.05. The number of nitrogens with one attached hydrogen (secondary N) is 1. The van der Waals surface area contributed by atoms with E-state index in [1.807, 2.05) is 0 Å². The third kappa shape index (κ3) is 5.62. The molecule has 0 aromatic heterocycles. The first-order valence-corrected chi connectivity index (χ1v) is 8.00. The van der Waals surface area contributed by atoms with Crippen LogP contribution in [0, 0.1) is 5.92 Å². The van der Waals surface area contributed by atoms with Gasteiger partial charge in [-0.3, -0.25) is 0 Å². The zero-order valence-corrected chi connectivity index (χ0v) is 12.6. The third-order valence-corrected chi connectivity index (χ3v) is 5.22. The summed E-state index contributed by atoms with van der Waals surface area (Å²) in [6, 6.07) is 0.429. The molecule has 0 spiro atoms. The standard InChI is InChI=1S/C14H29NOS/c1-11(2)15-14(4,9-16)10-17-13-7-5-6-12(3)8-13/h11-13,15-16H,5-10H2,1-4H3. The molecule has 3 atom stereocenters. The van der Waals surface area contributed by atoms with Crippen LogP contribution in [0.2, 0.25) is 0 Å². The summed E-state index contributed by atoms with van der Waals surface area (Å²) in [7, 11) is 0. The Balaban J connectivity index is 2.36. The van der Waals surface area contributed by atoms with Crippen LogP contribution < -0.4 is 5.32 Å². The van der Waals surface area contributed by atoms with Gasteiger partial charge >= 0.3 is 0 Å². The van der Waals surface area contributed by atoms with Crippen molar-refractivity contribution in [3.05, 3.63) is 0 Å². The fourth-order valence-electron chi connectivity index (χ4n) is 2.66. The van der Waals surface area contributed by atoms with Crippen molar-refractivity contribution in [2.75, 3.05) is 12.4 Å². The maximum Gasteiger partial charge on any atom is 0.0618 e. The summed E-state index contributed by atoms with van der Waals surface area (Å²) in [5, 5.41) is 13.8. The van der Waals surface area contributed by atoms with Gasteiger partial charge in [-0.15, -0.1) is 0 Å². The molecule has 1 rings (SSSR count). The molecule has 0 bridgehead atoms. The van der Waals surface area contributed by atoms with Crippen LogP contribution >= 0.6 is 11.8 Å². The van der Waals surface area contributed by atoms with Gasteiger partial charge in [-0.25, -0.2) is 0 Å². The first-order chi connectivity index (χ1) is 7.95. The Kier molecular flexibility index (Phi) is 6.32. The van der Waals surface area contributed by atoms with Crippen LogP contribution in [0.5, 0.6) is 0 Å². The molecule has 17 heavy (non-hydrogen) atoms. The number of aliphatic hydroxyl groups is 1. The SMILES string of the molecule is CC1CCCC(SCC(C)(CO)NC(C)C)C1. The molecule has 3 heteroatoms. The lowest BCUT2D eigenvalue weighted by Crippen LogP contribution is -2.51. The van der Waals surface area contributed by atoms with E-state index < -0.39 is 0 Å². The van der Waals surface area contributed by atoms with Gasteiger partial charge in [0.2, 0.25) is 0 Å². The number of hydrogen-bond acceptors (Lipinski definition) is 3. The maximum atomic E-state index is 9.54. The second-order valence-electron chi connectivity index (χ2n) is 6.22. The van der Waals surface area contributed by atoms with E-state index in [1.165, 1.54) is 25.7 Å². The zero-order chi connectivity index (χ0) is 12.9. The van der Waals surface area contributed by atoms with Crippen LogP contribution in [0.4, 0.5) is 0 Å². The lowest BCUT2D eigenvalue weighted by molar-refractivity contribution is 0.183. The lowest BCUT2D eigenvalue weighted by Gasteiger charge is -2.34. The van der Waals surface area contributed by atoms with Crippen molar-refractivity contribution in [2.45, 2.75) is 70.2 Å². The highest BCUT2D eigenvalue weighted by molar-refractivity contribution is 8.00. The molecule has 102 valence electrons. The van der Waals surface area contributed by atoms with Crippen molar-refractivity contribution in [3.63, 3.8) is 0 Å². The van der Waals surface area contributed by atoms with E-state index >= 15 is 0 Å². The zero-order valence-electron chi connectivity index (χ0n) is 11.8. The van der Waals surface area contributed by atoms with E-state index in [2.05, 4.69) is 44.8 Å². The summed E-state index contributed by atoms with van der Waals surface area (Å²) in [6.45, 7) is 9.00. The van der Waals surface area contributed by atoms with Crippen molar-refractivity contribution in [1.29, 1.82) is 0 Å². The Labute approximate surface area is 111 Å². The van der Waals surface area contributed by atoms with Crippen molar-refractivity contribution < 1.29 is 5.11 Å². The number of aliphatic hydroxyl groups excluding tert-OH is 1. The maximum absolute atomic E-state index is 9.54. The van der Waals surface area contributed by atoms with Gasteiger partial charge in [0.1, 0.15) is 0 Å². The molecule has 0 radical (unpaired) electrons. The van der Waals surface area contributed by atoms with Gasteiger partial charge in [0.15, 0.2) is 0 Å². The fourth-order valence-corrected chi connectivity index (χ4v) is 4.24. The smallest absolute Gasteiger partial charge is 0.0618 e. The van der Waals surface area contributed by atoms with E-state index in [4.69, 9.17) is 0 Å². The predicted octanol–water partition coefficient (Wildman–Crippen LogP) is 3.05. The molecule has 1 fully saturated rings. The average molecular weight is 259 g/mol. The topological polar surface area (TPSA) is 32.3 Å². The Morgan fingerprint density at radius 2 is 2.12 bits per heavy atom. The highest BCUT2D eigenvalue weighted by Crippen LogP contribution is 2.33. The molecule has 3 unspecified atom stereocenters. The van der Waals surface area contributed by atoms with E-state index in [0.717, 1.165) is 16.9 Å². The van der Waals surface area contributed by atoms with Crippen LogP contribution in [0.1, 0.15) is 53.4 Å². The van der Waals surface area contributed by atoms with E-state index in [0.29, 0.717) is 6.04 Å². The Bertz CT molecular complexity index is 222. The second-order valence-corrected chi connectivity index (χ2v) is 7.51. The number of hydrogen-bond donors (Lipinski definition) is 2. The number of thioether (sulfide) groups is 1. The number of rotatable bonds is 6. The van der Waals surface area contributed by atoms with Crippen LogP contribution in [0.15, 0.2) is 0 Å². The molecule has 0 saturated heterocycles. The van der Waals surface area contributed by atoms with Crippen molar-refractivity contribution in [1.82, 2.24) is 5.32 Å². The van der Waals surface area contributed by atoms with Crippen molar-refractivity contribution in [3.8, 4) is 0 Å². The quantitative estimate of drug-likeness (QED) is 0.769. The molecule has 2 N–H and O–H groups in total. The molecule has 1 aliphatic rings. The average Bonchev–Trinajstić information content (AvgIpc) is 2.26. The molecule has 1 aliphatic carbocycles. The second kappa shape index (κ2) is 7.01. The van der Waals surface area contributed by atoms with Crippen LogP contribution in [-0.4, -0.2) is 34.3 Å². The van der Waals surface area contributed by atoms with Gasteiger partial charge in [-0.2, -0.15) is 11.8 Å². The first kappa shape index (κ1) is 15.3. The van der Waals surface area contributed by atoms with Gasteiger partial charge in [0.25, 0.3) is 0 Å². The monoisotopic (exact) mass is 259 g/mol. The minimum absolute atomic E-state index is 0.125. The highest BCUT2D eigenvalue weighted by Gasteiger charge is 2.27. The Hall–Kier alpha value is 0.270. The molecule has 0 aromatic rings. The van der Waals surface area contributed by atoms with Crippen molar-refractivity contribution in [2.24, 2.45) is 5.92 Å². The summed E-state index contributed by atoms with van der Waals surface area (Å²) in [5.74, 6) is 1.90. The summed E-state index contributed by atoms with van der Waals surface area (Å²) in [6.07, 6.45) is 5.50. The predicted molar refractivity (Wildman–Crippen MR) is 77.6 cm³/mol. The Morgan fingerprint density at radius 1 is 1.41 bits per heavy atom. The Morgan fingerprint density at radius 3 is 2.65 bits per heavy atom. The van der Waals surface area contributed by atoms with Gasteiger partial charge in [0.05, 0.1) is 6.61 Å². The van der Waals surface area contributed by atoms with Crippen LogP contribution in [0.3, 0.4) is 0 Å². The van der Waals surface area contributed by atoms with Gasteiger partial charge in [-0.1, -0.05) is 33.6 Å². The van der Waals surface area contributed by atoms with Gasteiger partial charge in [0, 0.05) is 22.6 Å². The first-order valence-electron chi connectivity index (χ1n) is 6.95. The summed E-state index contributed by atoms with van der Waals surface area (Å²) in [5.41, 5.74) is -0.125. The minimum Gasteiger partial charge on any atom is -0.394 e. The molecule has 0 heterocycles. The van der Waals surface area contributed by atoms with Gasteiger partial charge in [-0.05, 0) is 25.7 Å². The van der Waals surface area contributed by atoms with Crippen molar-refractivity contribution >= 4 is 11.8 Å². The van der Waals surface area contributed by atoms with E-state index in [1.54, 1.807) is 0 Å². The largest absolute Gasteiger partial charge is 0.394 e. The summed E-state index contributed by atoms with van der Waals surface area (Å²) in [4.78, 5) is 0. The molecular weight excluding hydrogens is 230 g/mol. The highest BCUT2D eigenvalue weighted by atomic mass is 32.2. The molecule has 1 saturated carbocycles. The minimum atomic E-state index is -0.125. The molecule has 2 nitrogen and oxygen atoms in total. The van der Waals surface area contributed by atoms with Crippen LogP contribution in [-0.2, 0) is 0 Å². The third-order valence-electron chi connectivity index (χ3n) is 3.51. The molecule has 0 aromatic carbocycles. The molecular formula is C14H29NOS. The lowest BCUT2D eigenvalue weighted by atomic mass is 9.91. The van der Waals surface area contributed by atoms with E-state index in [9.17, 15) is 5.11 Å². The van der Waals surface area contributed by atoms with E-state index in [-0.39, 0.29) is 12.1 Å². The van der Waals surface area contributed by atoms with Crippen LogP contribution in [0.25, 0.3) is 0 Å². The normalized spacial score (nSPS) is 29.3.